The van der Waals surface area contributed by atoms with Crippen molar-refractivity contribution in [2.45, 2.75) is 25.7 Å². The summed E-state index contributed by atoms with van der Waals surface area (Å²) in [7, 11) is 1.76. The molecule has 2 aromatic carbocycles. The first kappa shape index (κ1) is 17.6. The zero-order valence-corrected chi connectivity index (χ0v) is 16.6. The SMILES string of the molecule is COc1ccccc1C1=CCN(CC2CCc3[nH]c4ccccc4c3C2)CC1. The average molecular weight is 373 g/mol. The predicted octanol–water partition coefficient (Wildman–Crippen LogP) is 5.07. The van der Waals surface area contributed by atoms with Crippen molar-refractivity contribution in [3.05, 3.63) is 71.4 Å². The first-order chi connectivity index (χ1) is 13.8. The number of hydrogen-bond donors (Lipinski definition) is 1. The van der Waals surface area contributed by atoms with Crippen LogP contribution in [-0.2, 0) is 12.8 Å². The number of benzene rings is 2. The Balaban J connectivity index is 1.26. The number of nitrogens with zero attached hydrogens (tertiary/aromatic N) is 1. The molecule has 3 heteroatoms. The molecule has 28 heavy (non-hydrogen) atoms. The van der Waals surface area contributed by atoms with Crippen LogP contribution in [0.25, 0.3) is 16.5 Å². The van der Waals surface area contributed by atoms with E-state index >= 15 is 0 Å². The molecule has 0 amide bonds. The van der Waals surface area contributed by atoms with Crippen molar-refractivity contribution in [2.24, 2.45) is 5.92 Å². The summed E-state index contributed by atoms with van der Waals surface area (Å²) in [5, 5.41) is 1.43. The minimum atomic E-state index is 0.757. The number of aromatic amines is 1. The fourth-order valence-electron chi connectivity index (χ4n) is 4.99. The van der Waals surface area contributed by atoms with Gasteiger partial charge in [0.25, 0.3) is 0 Å². The van der Waals surface area contributed by atoms with Gasteiger partial charge in [0.15, 0.2) is 0 Å². The van der Waals surface area contributed by atoms with Crippen molar-refractivity contribution in [1.82, 2.24) is 9.88 Å². The number of aromatic nitrogens is 1. The van der Waals surface area contributed by atoms with E-state index in [0.717, 1.165) is 31.2 Å². The number of methoxy groups -OCH3 is 1. The lowest BCUT2D eigenvalue weighted by Crippen LogP contribution is -2.35. The quantitative estimate of drug-likeness (QED) is 0.692. The first-order valence-corrected chi connectivity index (χ1v) is 10.4. The van der Waals surface area contributed by atoms with Gasteiger partial charge in [0.2, 0.25) is 0 Å². The van der Waals surface area contributed by atoms with Crippen molar-refractivity contribution in [1.29, 1.82) is 0 Å². The van der Waals surface area contributed by atoms with Crippen molar-refractivity contribution in [2.75, 3.05) is 26.7 Å². The monoisotopic (exact) mass is 372 g/mol. The summed E-state index contributed by atoms with van der Waals surface area (Å²) in [6.45, 7) is 3.39. The molecule has 3 nitrogen and oxygen atoms in total. The Kier molecular flexibility index (Phi) is 4.69. The van der Waals surface area contributed by atoms with Gasteiger partial charge in [-0.05, 0) is 54.9 Å². The lowest BCUT2D eigenvalue weighted by atomic mass is 9.85. The van der Waals surface area contributed by atoms with E-state index in [1.807, 2.05) is 6.07 Å². The first-order valence-electron chi connectivity index (χ1n) is 10.4. The number of aryl methyl sites for hydroxylation is 1. The molecule has 2 heterocycles. The molecule has 1 atom stereocenters. The molecule has 144 valence electrons. The van der Waals surface area contributed by atoms with E-state index in [1.54, 1.807) is 12.7 Å². The fraction of sp³-hybridized carbons (Fsp3) is 0.360. The zero-order valence-electron chi connectivity index (χ0n) is 16.6. The van der Waals surface area contributed by atoms with Crippen LogP contribution in [0, 0.1) is 5.92 Å². The summed E-state index contributed by atoms with van der Waals surface area (Å²) >= 11 is 0. The Morgan fingerprint density at radius 2 is 1.93 bits per heavy atom. The highest BCUT2D eigenvalue weighted by Gasteiger charge is 2.25. The number of nitrogens with one attached hydrogen (secondary N) is 1. The topological polar surface area (TPSA) is 28.3 Å². The highest BCUT2D eigenvalue weighted by atomic mass is 16.5. The number of hydrogen-bond acceptors (Lipinski definition) is 2. The van der Waals surface area contributed by atoms with E-state index in [4.69, 9.17) is 4.74 Å². The molecule has 1 aliphatic heterocycles. The van der Waals surface area contributed by atoms with Gasteiger partial charge < -0.3 is 9.72 Å². The summed E-state index contributed by atoms with van der Waals surface area (Å²) in [5.74, 6) is 1.74. The molecule has 0 bridgehead atoms. The van der Waals surface area contributed by atoms with Crippen LogP contribution in [0.5, 0.6) is 5.75 Å². The molecule has 5 rings (SSSR count). The van der Waals surface area contributed by atoms with E-state index in [9.17, 15) is 0 Å². The third-order valence-electron chi connectivity index (χ3n) is 6.46. The average Bonchev–Trinajstić information content (AvgIpc) is 3.12. The summed E-state index contributed by atoms with van der Waals surface area (Å²) in [6.07, 6.45) is 7.19. The Morgan fingerprint density at radius 3 is 2.79 bits per heavy atom. The molecule has 1 unspecified atom stereocenters. The maximum atomic E-state index is 5.55. The van der Waals surface area contributed by atoms with Crippen LogP contribution in [0.4, 0.5) is 0 Å². The van der Waals surface area contributed by atoms with E-state index < -0.39 is 0 Å². The van der Waals surface area contributed by atoms with Gasteiger partial charge in [0.1, 0.15) is 5.75 Å². The summed E-state index contributed by atoms with van der Waals surface area (Å²) in [5.41, 5.74) is 7.01. The second kappa shape index (κ2) is 7.48. The maximum absolute atomic E-state index is 5.55. The standard InChI is InChI=1S/C25H28N2O/c1-28-25-9-5-3-6-20(25)19-12-14-27(15-13-19)17-18-10-11-24-22(16-18)21-7-2-4-8-23(21)26-24/h2-9,12,18,26H,10-11,13-17H2,1H3. The van der Waals surface area contributed by atoms with Gasteiger partial charge in [0, 0.05) is 41.8 Å². The normalized spacial score (nSPS) is 20.0. The molecular weight excluding hydrogens is 344 g/mol. The van der Waals surface area contributed by atoms with Crippen molar-refractivity contribution in [3.8, 4) is 5.75 Å². The lowest BCUT2D eigenvalue weighted by molar-refractivity contribution is 0.238. The van der Waals surface area contributed by atoms with Gasteiger partial charge in [-0.25, -0.2) is 0 Å². The fourth-order valence-corrected chi connectivity index (χ4v) is 4.99. The van der Waals surface area contributed by atoms with Crippen LogP contribution in [0.2, 0.25) is 0 Å². The predicted molar refractivity (Wildman–Crippen MR) is 116 cm³/mol. The number of ether oxygens (including phenoxy) is 1. The van der Waals surface area contributed by atoms with Gasteiger partial charge in [-0.1, -0.05) is 42.5 Å². The summed E-state index contributed by atoms with van der Waals surface area (Å²) < 4.78 is 5.55. The Bertz CT molecular complexity index is 1020. The molecule has 1 aromatic heterocycles. The van der Waals surface area contributed by atoms with Gasteiger partial charge >= 0.3 is 0 Å². The zero-order chi connectivity index (χ0) is 18.9. The minimum Gasteiger partial charge on any atom is -0.496 e. The maximum Gasteiger partial charge on any atom is 0.126 e. The Hall–Kier alpha value is -2.52. The Morgan fingerprint density at radius 1 is 1.07 bits per heavy atom. The molecule has 0 saturated heterocycles. The van der Waals surface area contributed by atoms with Gasteiger partial charge in [-0.2, -0.15) is 0 Å². The molecule has 0 radical (unpaired) electrons. The molecule has 3 aromatic rings. The van der Waals surface area contributed by atoms with Crippen LogP contribution in [0.3, 0.4) is 0 Å². The highest BCUT2D eigenvalue weighted by molar-refractivity contribution is 5.84. The van der Waals surface area contributed by atoms with Crippen molar-refractivity contribution in [3.63, 3.8) is 0 Å². The summed E-state index contributed by atoms with van der Waals surface area (Å²) in [4.78, 5) is 6.27. The molecule has 1 aliphatic carbocycles. The molecule has 0 saturated carbocycles. The van der Waals surface area contributed by atoms with Crippen LogP contribution >= 0.6 is 0 Å². The molecule has 0 spiro atoms. The number of fused-ring (bicyclic) bond motifs is 3. The second-order valence-electron chi connectivity index (χ2n) is 8.18. The van der Waals surface area contributed by atoms with E-state index in [-0.39, 0.29) is 0 Å². The molecule has 2 aliphatic rings. The number of rotatable bonds is 4. The third-order valence-corrected chi connectivity index (χ3v) is 6.46. The van der Waals surface area contributed by atoms with Crippen LogP contribution in [0.1, 0.15) is 29.7 Å². The lowest BCUT2D eigenvalue weighted by Gasteiger charge is -2.32. The van der Waals surface area contributed by atoms with E-state index in [1.165, 1.54) is 53.5 Å². The molecule has 0 fully saturated rings. The van der Waals surface area contributed by atoms with E-state index in [0.29, 0.717) is 0 Å². The van der Waals surface area contributed by atoms with Crippen LogP contribution in [-0.4, -0.2) is 36.6 Å². The minimum absolute atomic E-state index is 0.757. The number of para-hydroxylation sites is 2. The van der Waals surface area contributed by atoms with Crippen LogP contribution < -0.4 is 4.74 Å². The highest BCUT2D eigenvalue weighted by Crippen LogP contribution is 2.33. The van der Waals surface area contributed by atoms with Gasteiger partial charge in [-0.15, -0.1) is 0 Å². The van der Waals surface area contributed by atoms with Gasteiger partial charge in [-0.3, -0.25) is 4.90 Å². The van der Waals surface area contributed by atoms with E-state index in [2.05, 4.69) is 58.4 Å². The second-order valence-corrected chi connectivity index (χ2v) is 8.18. The smallest absolute Gasteiger partial charge is 0.126 e. The number of H-pyrrole nitrogens is 1. The summed E-state index contributed by atoms with van der Waals surface area (Å²) in [6, 6.07) is 17.2. The molecule has 1 N–H and O–H groups in total. The van der Waals surface area contributed by atoms with Crippen LogP contribution in [0.15, 0.2) is 54.6 Å². The molecular formula is C25H28N2O. The largest absolute Gasteiger partial charge is 0.496 e. The van der Waals surface area contributed by atoms with Crippen molar-refractivity contribution >= 4 is 16.5 Å². The third kappa shape index (κ3) is 3.24. The van der Waals surface area contributed by atoms with Gasteiger partial charge in [0.05, 0.1) is 7.11 Å². The van der Waals surface area contributed by atoms with Crippen molar-refractivity contribution < 1.29 is 4.74 Å². The Labute approximate surface area is 167 Å².